The van der Waals surface area contributed by atoms with Crippen LogP contribution in [0, 0.1) is 0 Å². The van der Waals surface area contributed by atoms with E-state index in [2.05, 4.69) is 0 Å². The molecule has 106 valence electrons. The third-order valence-electron chi connectivity index (χ3n) is 2.84. The van der Waals surface area contributed by atoms with E-state index < -0.39 is 0 Å². The minimum atomic E-state index is 0.306. The third-order valence-corrected chi connectivity index (χ3v) is 3.74. The molecule has 5 heteroatoms. The van der Waals surface area contributed by atoms with Gasteiger partial charge in [0.2, 0.25) is 0 Å². The van der Waals surface area contributed by atoms with Crippen molar-refractivity contribution < 1.29 is 4.74 Å². The molecule has 0 amide bonds. The largest absolute Gasteiger partial charge is 0.487 e. The van der Waals surface area contributed by atoms with Gasteiger partial charge >= 0.3 is 0 Å². The van der Waals surface area contributed by atoms with Crippen LogP contribution in [0.5, 0.6) is 5.75 Å². The quantitative estimate of drug-likeness (QED) is 0.860. The van der Waals surface area contributed by atoms with E-state index in [1.165, 1.54) is 0 Å². The second-order valence-corrected chi connectivity index (χ2v) is 5.54. The van der Waals surface area contributed by atoms with Gasteiger partial charge < -0.3 is 10.5 Å². The van der Waals surface area contributed by atoms with Crippen molar-refractivity contribution in [1.82, 2.24) is 0 Å². The van der Waals surface area contributed by atoms with Crippen LogP contribution < -0.4 is 10.5 Å². The first-order valence-corrected chi connectivity index (χ1v) is 7.29. The molecular weight excluding hydrogens is 317 g/mol. The van der Waals surface area contributed by atoms with Gasteiger partial charge in [0.1, 0.15) is 12.4 Å². The SMILES string of the molecule is NCCc1cccc(Cl)c1OCc1cc(Cl)ccc1Cl. The van der Waals surface area contributed by atoms with Crippen molar-refractivity contribution in [3.63, 3.8) is 0 Å². The Morgan fingerprint density at radius 3 is 2.50 bits per heavy atom. The molecule has 2 N–H and O–H groups in total. The molecule has 0 aromatic heterocycles. The predicted molar refractivity (Wildman–Crippen MR) is 85.0 cm³/mol. The van der Waals surface area contributed by atoms with E-state index >= 15 is 0 Å². The molecule has 0 atom stereocenters. The van der Waals surface area contributed by atoms with Gasteiger partial charge in [0, 0.05) is 15.6 Å². The summed E-state index contributed by atoms with van der Waals surface area (Å²) in [5.74, 6) is 0.649. The number of para-hydroxylation sites is 1. The number of hydrogen-bond donors (Lipinski definition) is 1. The van der Waals surface area contributed by atoms with Gasteiger partial charge in [0.05, 0.1) is 5.02 Å². The predicted octanol–water partition coefficient (Wildman–Crippen LogP) is 4.73. The summed E-state index contributed by atoms with van der Waals surface area (Å²) in [4.78, 5) is 0. The minimum absolute atomic E-state index is 0.306. The lowest BCUT2D eigenvalue weighted by atomic mass is 10.1. The van der Waals surface area contributed by atoms with Gasteiger partial charge in [0.15, 0.2) is 0 Å². The molecule has 0 fully saturated rings. The van der Waals surface area contributed by atoms with Gasteiger partial charge in [-0.05, 0) is 42.8 Å². The maximum absolute atomic E-state index is 6.18. The first-order valence-electron chi connectivity index (χ1n) is 6.16. The van der Waals surface area contributed by atoms with Crippen LogP contribution >= 0.6 is 34.8 Å². The third kappa shape index (κ3) is 3.80. The fourth-order valence-corrected chi connectivity index (χ4v) is 2.49. The molecule has 2 nitrogen and oxygen atoms in total. The Bertz CT molecular complexity index is 602. The zero-order chi connectivity index (χ0) is 14.5. The van der Waals surface area contributed by atoms with Crippen LogP contribution in [0.15, 0.2) is 36.4 Å². The van der Waals surface area contributed by atoms with Gasteiger partial charge in [-0.2, -0.15) is 0 Å². The van der Waals surface area contributed by atoms with Crippen LogP contribution in [0.3, 0.4) is 0 Å². The van der Waals surface area contributed by atoms with E-state index in [1.54, 1.807) is 24.3 Å². The first-order chi connectivity index (χ1) is 9.61. The highest BCUT2D eigenvalue weighted by Crippen LogP contribution is 2.30. The molecule has 0 heterocycles. The van der Waals surface area contributed by atoms with Gasteiger partial charge in [-0.1, -0.05) is 46.9 Å². The standard InChI is InChI=1S/C15H14Cl3NO/c16-12-4-5-13(17)11(8-12)9-20-15-10(6-7-19)2-1-3-14(15)18/h1-5,8H,6-7,9,19H2. The number of nitrogens with two attached hydrogens (primary N) is 1. The van der Waals surface area contributed by atoms with Gasteiger partial charge in [-0.25, -0.2) is 0 Å². The normalized spacial score (nSPS) is 10.6. The molecule has 20 heavy (non-hydrogen) atoms. The van der Waals surface area contributed by atoms with E-state index in [0.717, 1.165) is 11.1 Å². The van der Waals surface area contributed by atoms with Crippen molar-refractivity contribution in [1.29, 1.82) is 0 Å². The highest BCUT2D eigenvalue weighted by molar-refractivity contribution is 6.33. The molecule has 2 rings (SSSR count). The van der Waals surface area contributed by atoms with Gasteiger partial charge in [-0.15, -0.1) is 0 Å². The van der Waals surface area contributed by atoms with Crippen LogP contribution in [0.1, 0.15) is 11.1 Å². The number of benzene rings is 2. The van der Waals surface area contributed by atoms with E-state index in [4.69, 9.17) is 45.3 Å². The summed E-state index contributed by atoms with van der Waals surface area (Å²) >= 11 is 18.2. The highest BCUT2D eigenvalue weighted by Gasteiger charge is 2.09. The topological polar surface area (TPSA) is 35.2 Å². The second-order valence-electron chi connectivity index (χ2n) is 4.29. The van der Waals surface area contributed by atoms with Crippen molar-refractivity contribution in [2.45, 2.75) is 13.0 Å². The lowest BCUT2D eigenvalue weighted by Gasteiger charge is -2.13. The molecule has 0 bridgehead atoms. The van der Waals surface area contributed by atoms with Crippen molar-refractivity contribution in [3.05, 3.63) is 62.6 Å². The Balaban J connectivity index is 2.20. The lowest BCUT2D eigenvalue weighted by Crippen LogP contribution is -2.06. The fraction of sp³-hybridized carbons (Fsp3) is 0.200. The molecule has 0 aliphatic rings. The molecular formula is C15H14Cl3NO. The zero-order valence-electron chi connectivity index (χ0n) is 10.7. The fourth-order valence-electron chi connectivity index (χ4n) is 1.87. The van der Waals surface area contributed by atoms with Gasteiger partial charge in [0.25, 0.3) is 0 Å². The van der Waals surface area contributed by atoms with E-state index in [0.29, 0.717) is 40.4 Å². The summed E-state index contributed by atoms with van der Waals surface area (Å²) in [5.41, 5.74) is 7.40. The van der Waals surface area contributed by atoms with E-state index in [1.807, 2.05) is 12.1 Å². The van der Waals surface area contributed by atoms with Crippen LogP contribution in [0.2, 0.25) is 15.1 Å². The van der Waals surface area contributed by atoms with Crippen LogP contribution in [0.4, 0.5) is 0 Å². The summed E-state index contributed by atoms with van der Waals surface area (Å²) in [6, 6.07) is 10.9. The number of ether oxygens (including phenoxy) is 1. The van der Waals surface area contributed by atoms with E-state index in [9.17, 15) is 0 Å². The summed E-state index contributed by atoms with van der Waals surface area (Å²) < 4.78 is 5.81. The molecule has 2 aromatic carbocycles. The molecule has 0 unspecified atom stereocenters. The molecule has 0 spiro atoms. The Morgan fingerprint density at radius 2 is 1.75 bits per heavy atom. The van der Waals surface area contributed by atoms with Crippen molar-refractivity contribution in [2.75, 3.05) is 6.54 Å². The zero-order valence-corrected chi connectivity index (χ0v) is 13.0. The summed E-state index contributed by atoms with van der Waals surface area (Å²) in [6.07, 6.45) is 0.708. The summed E-state index contributed by atoms with van der Waals surface area (Å²) in [6.45, 7) is 0.843. The number of hydrogen-bond acceptors (Lipinski definition) is 2. The number of halogens is 3. The van der Waals surface area contributed by atoms with Crippen molar-refractivity contribution in [2.24, 2.45) is 5.73 Å². The summed E-state index contributed by atoms with van der Waals surface area (Å²) in [5, 5.41) is 1.80. The molecule has 0 aliphatic heterocycles. The molecule has 0 saturated carbocycles. The smallest absolute Gasteiger partial charge is 0.141 e. The minimum Gasteiger partial charge on any atom is -0.487 e. The Labute approximate surface area is 133 Å². The lowest BCUT2D eigenvalue weighted by molar-refractivity contribution is 0.303. The van der Waals surface area contributed by atoms with Crippen LogP contribution in [-0.2, 0) is 13.0 Å². The average Bonchev–Trinajstić information content (AvgIpc) is 2.42. The Hall–Kier alpha value is -0.930. The molecule has 0 radical (unpaired) electrons. The summed E-state index contributed by atoms with van der Waals surface area (Å²) in [7, 11) is 0. The second kappa shape index (κ2) is 7.19. The molecule has 2 aromatic rings. The Morgan fingerprint density at radius 1 is 0.950 bits per heavy atom. The monoisotopic (exact) mass is 329 g/mol. The maximum Gasteiger partial charge on any atom is 0.141 e. The van der Waals surface area contributed by atoms with Crippen LogP contribution in [-0.4, -0.2) is 6.54 Å². The van der Waals surface area contributed by atoms with Crippen molar-refractivity contribution >= 4 is 34.8 Å². The highest BCUT2D eigenvalue weighted by atomic mass is 35.5. The van der Waals surface area contributed by atoms with Gasteiger partial charge in [-0.3, -0.25) is 0 Å². The van der Waals surface area contributed by atoms with Crippen LogP contribution in [0.25, 0.3) is 0 Å². The first kappa shape index (κ1) is 15.5. The van der Waals surface area contributed by atoms with E-state index in [-0.39, 0.29) is 0 Å². The average molecular weight is 331 g/mol. The van der Waals surface area contributed by atoms with Crippen molar-refractivity contribution in [3.8, 4) is 5.75 Å². The Kier molecular flexibility index (Phi) is 5.55. The molecule has 0 saturated heterocycles. The number of rotatable bonds is 5. The molecule has 0 aliphatic carbocycles. The maximum atomic E-state index is 6.18.